The molecule has 4 unspecified atom stereocenters. The summed E-state index contributed by atoms with van der Waals surface area (Å²) >= 11 is 0. The van der Waals surface area contributed by atoms with Crippen LogP contribution in [0.4, 0.5) is 0 Å². The average molecular weight is 362 g/mol. The predicted octanol–water partition coefficient (Wildman–Crippen LogP) is -2.87. The van der Waals surface area contributed by atoms with Crippen molar-refractivity contribution < 1.29 is 44.0 Å². The Bertz CT molecular complexity index is 538. The van der Waals surface area contributed by atoms with Crippen LogP contribution in [0, 0.1) is 0 Å². The minimum Gasteiger partial charge on any atom is -0.480 e. The summed E-state index contributed by atoms with van der Waals surface area (Å²) in [4.78, 5) is 45.9. The molecule has 11 heteroatoms. The molecule has 1 fully saturated rings. The number of amides is 2. The number of aliphatic hydroxyl groups is 2. The second-order valence-corrected chi connectivity index (χ2v) is 5.64. The second-order valence-electron chi connectivity index (χ2n) is 5.64. The number of esters is 1. The maximum Gasteiger partial charge on any atom is 0.331 e. The van der Waals surface area contributed by atoms with Gasteiger partial charge in [-0.3, -0.25) is 14.4 Å². The molecule has 0 radical (unpaired) electrons. The lowest BCUT2D eigenvalue weighted by Gasteiger charge is -2.39. The van der Waals surface area contributed by atoms with Crippen LogP contribution in [-0.2, 0) is 28.7 Å². The fourth-order valence-corrected chi connectivity index (χ4v) is 2.19. The lowest BCUT2D eigenvalue weighted by atomic mass is 9.97. The molecule has 1 aliphatic rings. The largest absolute Gasteiger partial charge is 0.480 e. The van der Waals surface area contributed by atoms with Crippen LogP contribution in [0.2, 0.25) is 0 Å². The Morgan fingerprint density at radius 3 is 2.40 bits per heavy atom. The van der Waals surface area contributed by atoms with Gasteiger partial charge >= 0.3 is 11.9 Å². The number of rotatable bonds is 7. The van der Waals surface area contributed by atoms with Crippen molar-refractivity contribution in [3.8, 4) is 0 Å². The Hall–Kier alpha value is -2.24. The highest BCUT2D eigenvalue weighted by Crippen LogP contribution is 2.21. The molecule has 0 bridgehead atoms. The van der Waals surface area contributed by atoms with Crippen molar-refractivity contribution in [2.24, 2.45) is 0 Å². The Labute approximate surface area is 143 Å². The van der Waals surface area contributed by atoms with Crippen molar-refractivity contribution in [1.29, 1.82) is 0 Å². The summed E-state index contributed by atoms with van der Waals surface area (Å²) in [6.07, 6.45) is -5.41. The molecule has 25 heavy (non-hydrogen) atoms. The predicted molar refractivity (Wildman–Crippen MR) is 80.2 cm³/mol. The monoisotopic (exact) mass is 362 g/mol. The molecule has 1 rings (SSSR count). The van der Waals surface area contributed by atoms with Crippen molar-refractivity contribution >= 4 is 23.8 Å². The molecule has 0 aromatic rings. The van der Waals surface area contributed by atoms with Gasteiger partial charge in [0, 0.05) is 6.92 Å². The van der Waals surface area contributed by atoms with Crippen LogP contribution in [-0.4, -0.2) is 82.2 Å². The molecule has 142 valence electrons. The Kier molecular flexibility index (Phi) is 7.27. The lowest BCUT2D eigenvalue weighted by molar-refractivity contribution is -0.203. The lowest BCUT2D eigenvalue weighted by Crippen LogP contribution is -2.64. The first-order valence-corrected chi connectivity index (χ1v) is 7.53. The third kappa shape index (κ3) is 5.37. The van der Waals surface area contributed by atoms with Gasteiger partial charge in [0.1, 0.15) is 24.4 Å². The van der Waals surface area contributed by atoms with E-state index in [1.165, 1.54) is 13.8 Å². The van der Waals surface area contributed by atoms with Gasteiger partial charge in [-0.05, 0) is 13.8 Å². The summed E-state index contributed by atoms with van der Waals surface area (Å²) in [6.45, 7) is 2.99. The molecular formula is C14H22N2O9. The summed E-state index contributed by atoms with van der Waals surface area (Å²) in [5.41, 5.74) is 0. The third-order valence-corrected chi connectivity index (χ3v) is 3.57. The molecule has 6 atom stereocenters. The van der Waals surface area contributed by atoms with Gasteiger partial charge in [0.05, 0.1) is 6.61 Å². The van der Waals surface area contributed by atoms with Crippen LogP contribution in [0.15, 0.2) is 0 Å². The maximum absolute atomic E-state index is 12.0. The zero-order chi connectivity index (χ0) is 19.3. The molecule has 1 aliphatic heterocycles. The van der Waals surface area contributed by atoms with Gasteiger partial charge in [-0.15, -0.1) is 0 Å². The van der Waals surface area contributed by atoms with E-state index in [0.717, 1.165) is 6.92 Å². The van der Waals surface area contributed by atoms with Crippen LogP contribution in [0.5, 0.6) is 0 Å². The Balaban J connectivity index is 2.90. The number of carbonyl (C=O) groups excluding carboxylic acids is 3. The third-order valence-electron chi connectivity index (χ3n) is 3.57. The van der Waals surface area contributed by atoms with E-state index in [9.17, 15) is 24.3 Å². The minimum absolute atomic E-state index is 0.596. The number of nitrogens with one attached hydrogen (secondary N) is 2. The summed E-state index contributed by atoms with van der Waals surface area (Å²) in [7, 11) is 0. The van der Waals surface area contributed by atoms with Gasteiger partial charge in [0.15, 0.2) is 12.1 Å². The van der Waals surface area contributed by atoms with E-state index >= 15 is 0 Å². The number of carboxylic acids is 1. The quantitative estimate of drug-likeness (QED) is 0.299. The number of aliphatic hydroxyl groups excluding tert-OH is 2. The fourth-order valence-electron chi connectivity index (χ4n) is 2.19. The van der Waals surface area contributed by atoms with Crippen molar-refractivity contribution in [2.75, 3.05) is 6.61 Å². The van der Waals surface area contributed by atoms with Crippen molar-refractivity contribution in [2.45, 2.75) is 57.3 Å². The van der Waals surface area contributed by atoms with E-state index in [0.29, 0.717) is 0 Å². The Morgan fingerprint density at radius 2 is 1.92 bits per heavy atom. The molecule has 1 saturated heterocycles. The minimum atomic E-state index is -1.51. The summed E-state index contributed by atoms with van der Waals surface area (Å²) in [5.74, 6) is -3.57. The molecule has 2 amide bonds. The first kappa shape index (κ1) is 20.8. The summed E-state index contributed by atoms with van der Waals surface area (Å²) in [6, 6.07) is -2.56. The van der Waals surface area contributed by atoms with E-state index in [1.807, 2.05) is 0 Å². The highest BCUT2D eigenvalue weighted by atomic mass is 16.6. The molecule has 5 N–H and O–H groups in total. The Morgan fingerprint density at radius 1 is 1.32 bits per heavy atom. The molecule has 0 aromatic carbocycles. The highest BCUT2D eigenvalue weighted by Gasteiger charge is 2.47. The maximum atomic E-state index is 12.0. The summed E-state index contributed by atoms with van der Waals surface area (Å²) in [5, 5.41) is 32.6. The van der Waals surface area contributed by atoms with E-state index in [1.54, 1.807) is 0 Å². The van der Waals surface area contributed by atoms with E-state index in [2.05, 4.69) is 10.6 Å². The number of hydrogen-bond donors (Lipinski definition) is 5. The van der Waals surface area contributed by atoms with Gasteiger partial charge in [-0.1, -0.05) is 0 Å². The molecule has 0 aliphatic carbocycles. The number of ether oxygens (including phenoxy) is 2. The number of carboxylic acid groups (broad SMARTS) is 1. The number of cyclic esters (lactones) is 1. The SMILES string of the molecule is CC(=O)NC1C(=O)OC(CO)C(O)C1O[C@H](C)C(=O)N[C@@H](C)C(=O)O. The smallest absolute Gasteiger partial charge is 0.331 e. The van der Waals surface area contributed by atoms with Crippen molar-refractivity contribution in [3.05, 3.63) is 0 Å². The zero-order valence-corrected chi connectivity index (χ0v) is 14.0. The second kappa shape index (κ2) is 8.74. The first-order valence-electron chi connectivity index (χ1n) is 7.53. The van der Waals surface area contributed by atoms with Crippen LogP contribution >= 0.6 is 0 Å². The van der Waals surface area contributed by atoms with Crippen LogP contribution in [0.1, 0.15) is 20.8 Å². The first-order chi connectivity index (χ1) is 11.6. The van der Waals surface area contributed by atoms with Gasteiger partial charge < -0.3 is 35.4 Å². The number of hydrogen-bond acceptors (Lipinski definition) is 8. The molecule has 0 spiro atoms. The van der Waals surface area contributed by atoms with Gasteiger partial charge in [0.25, 0.3) is 0 Å². The number of carbonyl (C=O) groups is 4. The van der Waals surface area contributed by atoms with Gasteiger partial charge in [-0.25, -0.2) is 4.79 Å². The fraction of sp³-hybridized carbons (Fsp3) is 0.714. The normalized spacial score (nSPS) is 28.4. The van der Waals surface area contributed by atoms with E-state index in [-0.39, 0.29) is 0 Å². The van der Waals surface area contributed by atoms with Crippen molar-refractivity contribution in [3.63, 3.8) is 0 Å². The molecule has 0 saturated carbocycles. The van der Waals surface area contributed by atoms with Crippen LogP contribution in [0.25, 0.3) is 0 Å². The van der Waals surface area contributed by atoms with Gasteiger partial charge in [0.2, 0.25) is 11.8 Å². The molecule has 0 aromatic heterocycles. The van der Waals surface area contributed by atoms with Gasteiger partial charge in [-0.2, -0.15) is 0 Å². The van der Waals surface area contributed by atoms with Crippen LogP contribution in [0.3, 0.4) is 0 Å². The average Bonchev–Trinajstić information content (AvgIpc) is 2.52. The summed E-state index contributed by atoms with van der Waals surface area (Å²) < 4.78 is 10.2. The van der Waals surface area contributed by atoms with E-state index < -0.39 is 66.9 Å². The highest BCUT2D eigenvalue weighted by molar-refractivity contribution is 5.86. The van der Waals surface area contributed by atoms with Crippen molar-refractivity contribution in [1.82, 2.24) is 10.6 Å². The van der Waals surface area contributed by atoms with E-state index in [4.69, 9.17) is 19.7 Å². The topological polar surface area (TPSA) is 171 Å². The molecular weight excluding hydrogens is 340 g/mol. The standard InChI is InChI=1S/C14H22N2O9/c1-5(13(21)22)15-12(20)6(2)24-11-9(16-7(3)18)14(23)25-8(4-17)10(11)19/h5-6,8-11,17,19H,4H2,1-3H3,(H,15,20)(H,16,18)(H,21,22)/t5-,6+,8?,9?,10?,11?/m0/s1. The molecule has 1 heterocycles. The number of aliphatic carboxylic acids is 1. The van der Waals surface area contributed by atoms with Crippen LogP contribution < -0.4 is 10.6 Å². The molecule has 11 nitrogen and oxygen atoms in total. The zero-order valence-electron chi connectivity index (χ0n) is 14.0.